The second kappa shape index (κ2) is 9.24. The van der Waals surface area contributed by atoms with Gasteiger partial charge in [-0.3, -0.25) is 4.90 Å². The standard InChI is InChI=1S/C21H34N2O4/c1-22(2)14-18(24)15-26-20-7-6-19(25-3)12-17(20)13-23-10-11-27-21(16-23)8-4-5-9-21/h6-7,12,18,24H,4-5,8-11,13-16H2,1-3H3/t18-/m0/s1. The van der Waals surface area contributed by atoms with Gasteiger partial charge in [-0.05, 0) is 45.1 Å². The Labute approximate surface area is 163 Å². The number of morpholine rings is 1. The van der Waals surface area contributed by atoms with Gasteiger partial charge >= 0.3 is 0 Å². The summed E-state index contributed by atoms with van der Waals surface area (Å²) >= 11 is 0. The molecule has 1 saturated heterocycles. The monoisotopic (exact) mass is 378 g/mol. The largest absolute Gasteiger partial charge is 0.497 e. The van der Waals surface area contributed by atoms with Gasteiger partial charge in [0.2, 0.25) is 0 Å². The molecule has 1 aromatic rings. The second-order valence-electron chi connectivity index (χ2n) is 8.15. The maximum atomic E-state index is 10.1. The van der Waals surface area contributed by atoms with E-state index in [1.807, 2.05) is 37.2 Å². The van der Waals surface area contributed by atoms with Crippen molar-refractivity contribution in [1.82, 2.24) is 9.80 Å². The van der Waals surface area contributed by atoms with E-state index in [4.69, 9.17) is 14.2 Å². The van der Waals surface area contributed by atoms with E-state index >= 15 is 0 Å². The Hall–Kier alpha value is -1.34. The first kappa shape index (κ1) is 20.4. The van der Waals surface area contributed by atoms with Crippen molar-refractivity contribution in [2.45, 2.75) is 43.9 Å². The molecule has 0 aromatic heterocycles. The zero-order chi connectivity index (χ0) is 19.3. The van der Waals surface area contributed by atoms with Crippen LogP contribution in [-0.4, -0.2) is 80.7 Å². The molecule has 6 nitrogen and oxygen atoms in total. The summed E-state index contributed by atoms with van der Waals surface area (Å²) in [6, 6.07) is 5.90. The predicted molar refractivity (Wildman–Crippen MR) is 105 cm³/mol. The lowest BCUT2D eigenvalue weighted by molar-refractivity contribution is -0.107. The van der Waals surface area contributed by atoms with Gasteiger partial charge in [0.25, 0.3) is 0 Å². The fourth-order valence-electron chi connectivity index (χ4n) is 4.23. The Kier molecular flexibility index (Phi) is 6.98. The molecule has 152 valence electrons. The third-order valence-corrected chi connectivity index (χ3v) is 5.51. The first-order chi connectivity index (χ1) is 13.0. The molecule has 0 amide bonds. The molecular weight excluding hydrogens is 344 g/mol. The van der Waals surface area contributed by atoms with Crippen molar-refractivity contribution in [1.29, 1.82) is 0 Å². The molecule has 1 aliphatic carbocycles. The van der Waals surface area contributed by atoms with Crippen molar-refractivity contribution in [3.63, 3.8) is 0 Å². The van der Waals surface area contributed by atoms with Crippen molar-refractivity contribution < 1.29 is 19.3 Å². The lowest BCUT2D eigenvalue weighted by Gasteiger charge is -2.40. The highest BCUT2D eigenvalue weighted by molar-refractivity contribution is 5.40. The molecule has 1 aliphatic heterocycles. The predicted octanol–water partition coefficient (Wildman–Crippen LogP) is 2.14. The third kappa shape index (κ3) is 5.57. The highest BCUT2D eigenvalue weighted by Gasteiger charge is 2.39. The normalized spacial score (nSPS) is 20.9. The van der Waals surface area contributed by atoms with Crippen LogP contribution in [0.3, 0.4) is 0 Å². The Morgan fingerprint density at radius 2 is 2.07 bits per heavy atom. The van der Waals surface area contributed by atoms with Crippen LogP contribution >= 0.6 is 0 Å². The van der Waals surface area contributed by atoms with Gasteiger partial charge in [-0.2, -0.15) is 0 Å². The van der Waals surface area contributed by atoms with Crippen LogP contribution in [-0.2, 0) is 11.3 Å². The highest BCUT2D eigenvalue weighted by atomic mass is 16.5. The van der Waals surface area contributed by atoms with Crippen molar-refractivity contribution in [3.8, 4) is 11.5 Å². The number of rotatable bonds is 8. The van der Waals surface area contributed by atoms with Crippen LogP contribution in [0.1, 0.15) is 31.2 Å². The topological polar surface area (TPSA) is 54.4 Å². The zero-order valence-electron chi connectivity index (χ0n) is 16.9. The molecule has 1 atom stereocenters. The van der Waals surface area contributed by atoms with E-state index < -0.39 is 6.10 Å². The van der Waals surface area contributed by atoms with Gasteiger partial charge in [0.1, 0.15) is 24.2 Å². The van der Waals surface area contributed by atoms with Gasteiger partial charge in [-0.15, -0.1) is 0 Å². The van der Waals surface area contributed by atoms with Crippen LogP contribution in [0, 0.1) is 0 Å². The number of benzene rings is 1. The van der Waals surface area contributed by atoms with Crippen molar-refractivity contribution in [3.05, 3.63) is 23.8 Å². The van der Waals surface area contributed by atoms with Crippen molar-refractivity contribution in [2.24, 2.45) is 0 Å². The number of hydrogen-bond acceptors (Lipinski definition) is 6. The minimum Gasteiger partial charge on any atom is -0.497 e. The summed E-state index contributed by atoms with van der Waals surface area (Å²) in [6.45, 7) is 4.37. The minimum absolute atomic E-state index is 0.0556. The SMILES string of the molecule is COc1ccc(OC[C@@H](O)CN(C)C)c(CN2CCOC3(CCCC3)C2)c1. The number of hydrogen-bond donors (Lipinski definition) is 1. The number of aliphatic hydroxyl groups is 1. The van der Waals surface area contributed by atoms with E-state index in [1.165, 1.54) is 25.7 Å². The highest BCUT2D eigenvalue weighted by Crippen LogP contribution is 2.37. The van der Waals surface area contributed by atoms with Crippen LogP contribution in [0.4, 0.5) is 0 Å². The molecule has 1 N–H and O–H groups in total. The molecule has 0 unspecified atom stereocenters. The van der Waals surface area contributed by atoms with E-state index in [1.54, 1.807) is 7.11 Å². The number of nitrogens with zero attached hydrogens (tertiary/aromatic N) is 2. The molecule has 1 heterocycles. The molecule has 3 rings (SSSR count). The fraction of sp³-hybridized carbons (Fsp3) is 0.714. The molecule has 0 bridgehead atoms. The Balaban J connectivity index is 1.67. The summed E-state index contributed by atoms with van der Waals surface area (Å²) in [5, 5.41) is 10.1. The van der Waals surface area contributed by atoms with E-state index in [0.717, 1.165) is 43.3 Å². The average molecular weight is 379 g/mol. The molecule has 2 fully saturated rings. The summed E-state index contributed by atoms with van der Waals surface area (Å²) in [5.74, 6) is 1.65. The fourth-order valence-corrected chi connectivity index (χ4v) is 4.23. The van der Waals surface area contributed by atoms with E-state index in [0.29, 0.717) is 6.54 Å². The van der Waals surface area contributed by atoms with E-state index in [9.17, 15) is 5.11 Å². The summed E-state index contributed by atoms with van der Waals surface area (Å²) in [4.78, 5) is 4.42. The number of aliphatic hydroxyl groups excluding tert-OH is 1. The van der Waals surface area contributed by atoms with Crippen molar-refractivity contribution >= 4 is 0 Å². The smallest absolute Gasteiger partial charge is 0.124 e. The zero-order valence-corrected chi connectivity index (χ0v) is 16.9. The first-order valence-electron chi connectivity index (χ1n) is 9.98. The molecule has 0 radical (unpaired) electrons. The van der Waals surface area contributed by atoms with Gasteiger partial charge in [0.05, 0.1) is 19.3 Å². The molecule has 1 saturated carbocycles. The van der Waals surface area contributed by atoms with Crippen molar-refractivity contribution in [2.75, 3.05) is 54.1 Å². The summed E-state index contributed by atoms with van der Waals surface area (Å²) in [6.07, 6.45) is 4.36. The number of likely N-dealkylation sites (N-methyl/N-ethyl adjacent to an activating group) is 1. The number of methoxy groups -OCH3 is 1. The minimum atomic E-state index is -0.514. The van der Waals surface area contributed by atoms with E-state index in [2.05, 4.69) is 4.90 Å². The summed E-state index contributed by atoms with van der Waals surface area (Å²) in [7, 11) is 5.57. The lowest BCUT2D eigenvalue weighted by atomic mass is 9.99. The van der Waals surface area contributed by atoms with Gasteiger partial charge in [0, 0.05) is 31.7 Å². The van der Waals surface area contributed by atoms with Crippen LogP contribution in [0.25, 0.3) is 0 Å². The lowest BCUT2D eigenvalue weighted by Crippen LogP contribution is -2.49. The number of ether oxygens (including phenoxy) is 3. The quantitative estimate of drug-likeness (QED) is 0.748. The summed E-state index contributed by atoms with van der Waals surface area (Å²) < 4.78 is 17.5. The molecule has 27 heavy (non-hydrogen) atoms. The Morgan fingerprint density at radius 3 is 2.78 bits per heavy atom. The third-order valence-electron chi connectivity index (χ3n) is 5.51. The van der Waals surface area contributed by atoms with Gasteiger partial charge < -0.3 is 24.2 Å². The molecule has 1 aromatic carbocycles. The molecular formula is C21H34N2O4. The molecule has 6 heteroatoms. The van der Waals surface area contributed by atoms with Gasteiger partial charge in [-0.1, -0.05) is 12.8 Å². The Bertz CT molecular complexity index is 602. The van der Waals surface area contributed by atoms with Crippen LogP contribution in [0.5, 0.6) is 11.5 Å². The molecule has 2 aliphatic rings. The maximum Gasteiger partial charge on any atom is 0.124 e. The van der Waals surface area contributed by atoms with Crippen LogP contribution < -0.4 is 9.47 Å². The van der Waals surface area contributed by atoms with Crippen LogP contribution in [0.15, 0.2) is 18.2 Å². The van der Waals surface area contributed by atoms with Gasteiger partial charge in [-0.25, -0.2) is 0 Å². The van der Waals surface area contributed by atoms with Gasteiger partial charge in [0.15, 0.2) is 0 Å². The summed E-state index contributed by atoms with van der Waals surface area (Å²) in [5.41, 5.74) is 1.15. The first-order valence-corrected chi connectivity index (χ1v) is 9.98. The second-order valence-corrected chi connectivity index (χ2v) is 8.15. The Morgan fingerprint density at radius 1 is 1.30 bits per heavy atom. The van der Waals surface area contributed by atoms with E-state index in [-0.39, 0.29) is 12.2 Å². The molecule has 1 spiro atoms. The average Bonchev–Trinajstić information content (AvgIpc) is 3.07. The maximum absolute atomic E-state index is 10.1. The van der Waals surface area contributed by atoms with Crippen LogP contribution in [0.2, 0.25) is 0 Å².